The minimum Gasteiger partial charge on any atom is -0.466 e. The van der Waals surface area contributed by atoms with Gasteiger partial charge < -0.3 is 4.42 Å². The van der Waals surface area contributed by atoms with Crippen LogP contribution in [-0.4, -0.2) is 4.98 Å². The summed E-state index contributed by atoms with van der Waals surface area (Å²) in [7, 11) is 0. The van der Waals surface area contributed by atoms with Gasteiger partial charge in [0.05, 0.1) is 12.1 Å². The maximum atomic E-state index is 7.46. The Morgan fingerprint density at radius 1 is 0.667 bits per heavy atom. The lowest BCUT2D eigenvalue weighted by molar-refractivity contribution is 0.675. The Balaban J connectivity index is 1.99. The molecule has 6 rings (SSSR count). The summed E-state index contributed by atoms with van der Waals surface area (Å²) in [6, 6.07) is 22.4. The van der Waals surface area contributed by atoms with E-state index in [1.807, 2.05) is 30.5 Å². The van der Waals surface area contributed by atoms with E-state index in [0.29, 0.717) is 11.3 Å². The fraction of sp³-hybridized carbons (Fsp3) is 0. The minimum atomic E-state index is 0.542. The van der Waals surface area contributed by atoms with Crippen LogP contribution in [0.1, 0.15) is 0 Å². The molecule has 6 aromatic rings. The van der Waals surface area contributed by atoms with Crippen LogP contribution in [0.4, 0.5) is 5.69 Å². The van der Waals surface area contributed by atoms with Gasteiger partial charge in [-0.05, 0) is 22.9 Å². The summed E-state index contributed by atoms with van der Waals surface area (Å²) < 4.78 is 6.30. The smallest absolute Gasteiger partial charge is 0.229 e. The van der Waals surface area contributed by atoms with Gasteiger partial charge in [0.2, 0.25) is 5.69 Å². The number of rotatable bonds is 0. The van der Waals surface area contributed by atoms with Gasteiger partial charge in [-0.15, -0.1) is 0 Å². The van der Waals surface area contributed by atoms with E-state index in [0.717, 1.165) is 48.8 Å². The molecule has 2 aromatic heterocycles. The number of hydrogen-bond acceptors (Lipinski definition) is 2. The molecule has 0 amide bonds. The van der Waals surface area contributed by atoms with E-state index in [1.54, 1.807) is 6.07 Å². The first kappa shape index (κ1) is 14.3. The zero-order valence-electron chi connectivity index (χ0n) is 14.2. The van der Waals surface area contributed by atoms with Gasteiger partial charge in [-0.1, -0.05) is 54.6 Å². The quantitative estimate of drug-likeness (QED) is 0.219. The molecule has 0 aliphatic carbocycles. The Labute approximate surface area is 154 Å². The molecule has 0 aliphatic heterocycles. The van der Waals surface area contributed by atoms with Crippen LogP contribution >= 0.6 is 0 Å². The van der Waals surface area contributed by atoms with Gasteiger partial charge >= 0.3 is 0 Å². The van der Waals surface area contributed by atoms with Crippen molar-refractivity contribution in [2.75, 3.05) is 0 Å². The first-order valence-corrected chi connectivity index (χ1v) is 8.77. The average Bonchev–Trinajstić information content (AvgIpc) is 3.12. The fourth-order valence-corrected chi connectivity index (χ4v) is 4.17. The molecular formula is C24H12N2O. The van der Waals surface area contributed by atoms with Crippen molar-refractivity contribution >= 4 is 60.1 Å². The second kappa shape index (κ2) is 5.06. The number of nitrogens with zero attached hydrogens (tertiary/aromatic N) is 2. The van der Waals surface area contributed by atoms with Crippen LogP contribution in [0.25, 0.3) is 59.2 Å². The van der Waals surface area contributed by atoms with Crippen molar-refractivity contribution in [3.8, 4) is 0 Å². The SMILES string of the molecule is [C-]#[N+]c1cccc2c1oc1c2ccc2c3ccccc3c3ncccc3c21. The van der Waals surface area contributed by atoms with Gasteiger partial charge in [0.1, 0.15) is 11.2 Å². The molecule has 124 valence electrons. The van der Waals surface area contributed by atoms with Crippen LogP contribution in [-0.2, 0) is 0 Å². The van der Waals surface area contributed by atoms with E-state index in [4.69, 9.17) is 11.0 Å². The molecule has 0 atom stereocenters. The summed E-state index contributed by atoms with van der Waals surface area (Å²) in [5, 5.41) is 7.57. The summed E-state index contributed by atoms with van der Waals surface area (Å²) in [4.78, 5) is 8.29. The Hall–Kier alpha value is -3.90. The highest BCUT2D eigenvalue weighted by Gasteiger charge is 2.17. The zero-order valence-corrected chi connectivity index (χ0v) is 14.2. The number of hydrogen-bond donors (Lipinski definition) is 0. The van der Waals surface area contributed by atoms with Crippen LogP contribution in [0.2, 0.25) is 0 Å². The van der Waals surface area contributed by atoms with Crippen LogP contribution in [0.3, 0.4) is 0 Å². The fourth-order valence-electron chi connectivity index (χ4n) is 4.17. The van der Waals surface area contributed by atoms with E-state index < -0.39 is 0 Å². The van der Waals surface area contributed by atoms with E-state index >= 15 is 0 Å². The molecule has 0 bridgehead atoms. The number of furan rings is 1. The predicted molar refractivity (Wildman–Crippen MR) is 110 cm³/mol. The monoisotopic (exact) mass is 344 g/mol. The lowest BCUT2D eigenvalue weighted by Crippen LogP contribution is -1.85. The average molecular weight is 344 g/mol. The van der Waals surface area contributed by atoms with Gasteiger partial charge in [0, 0.05) is 33.1 Å². The molecule has 3 heteroatoms. The van der Waals surface area contributed by atoms with Crippen molar-refractivity contribution in [1.82, 2.24) is 4.98 Å². The van der Waals surface area contributed by atoms with Crippen molar-refractivity contribution in [1.29, 1.82) is 0 Å². The van der Waals surface area contributed by atoms with E-state index in [1.165, 1.54) is 0 Å². The zero-order chi connectivity index (χ0) is 18.0. The minimum absolute atomic E-state index is 0.542. The molecule has 0 unspecified atom stereocenters. The van der Waals surface area contributed by atoms with Crippen molar-refractivity contribution in [3.05, 3.63) is 84.3 Å². The Morgan fingerprint density at radius 2 is 1.41 bits per heavy atom. The molecule has 3 nitrogen and oxygen atoms in total. The van der Waals surface area contributed by atoms with Crippen LogP contribution in [0, 0.1) is 6.57 Å². The summed E-state index contributed by atoms with van der Waals surface area (Å²) in [5.41, 5.74) is 2.99. The molecule has 0 fully saturated rings. The lowest BCUT2D eigenvalue weighted by atomic mass is 9.95. The molecule has 0 aliphatic rings. The standard InChI is InChI=1S/C24H12N2O/c1-25-20-10-4-8-17-18-12-11-15-14-6-2-3-7-16(14)22-19(9-5-13-26-22)21(15)24(18)27-23(17)20/h2-13H. The largest absolute Gasteiger partial charge is 0.466 e. The molecular weight excluding hydrogens is 332 g/mol. The Kier molecular flexibility index (Phi) is 2.68. The third-order valence-electron chi connectivity index (χ3n) is 5.32. The molecule has 2 heterocycles. The molecule has 27 heavy (non-hydrogen) atoms. The van der Waals surface area contributed by atoms with Crippen LogP contribution in [0.15, 0.2) is 77.3 Å². The maximum Gasteiger partial charge on any atom is 0.229 e. The summed E-state index contributed by atoms with van der Waals surface area (Å²) >= 11 is 0. The van der Waals surface area contributed by atoms with E-state index in [2.05, 4.69) is 46.2 Å². The van der Waals surface area contributed by atoms with Gasteiger partial charge in [-0.3, -0.25) is 4.98 Å². The topological polar surface area (TPSA) is 30.4 Å². The third kappa shape index (κ3) is 1.77. The van der Waals surface area contributed by atoms with Gasteiger partial charge in [-0.25, -0.2) is 4.85 Å². The number of pyridine rings is 1. The highest BCUT2D eigenvalue weighted by molar-refractivity contribution is 6.31. The lowest BCUT2D eigenvalue weighted by Gasteiger charge is -2.09. The van der Waals surface area contributed by atoms with E-state index in [-0.39, 0.29) is 0 Å². The molecule has 0 N–H and O–H groups in total. The predicted octanol–water partition coefficient (Wildman–Crippen LogP) is 6.99. The molecule has 0 saturated carbocycles. The number of para-hydroxylation sites is 1. The maximum absolute atomic E-state index is 7.46. The second-order valence-corrected chi connectivity index (χ2v) is 6.68. The molecule has 0 spiro atoms. The Morgan fingerprint density at radius 3 is 2.30 bits per heavy atom. The van der Waals surface area contributed by atoms with E-state index in [9.17, 15) is 0 Å². The number of fused-ring (bicyclic) bond motifs is 10. The molecule has 0 saturated heterocycles. The van der Waals surface area contributed by atoms with Crippen molar-refractivity contribution in [3.63, 3.8) is 0 Å². The Bertz CT molecular complexity index is 1550. The van der Waals surface area contributed by atoms with Crippen LogP contribution in [0.5, 0.6) is 0 Å². The second-order valence-electron chi connectivity index (χ2n) is 6.68. The van der Waals surface area contributed by atoms with Gasteiger partial charge in [-0.2, -0.15) is 0 Å². The normalized spacial score (nSPS) is 11.7. The van der Waals surface area contributed by atoms with Gasteiger partial charge in [0.25, 0.3) is 0 Å². The highest BCUT2D eigenvalue weighted by atomic mass is 16.3. The molecule has 4 aromatic carbocycles. The summed E-state index contributed by atoms with van der Waals surface area (Å²) in [6.07, 6.45) is 1.83. The van der Waals surface area contributed by atoms with Crippen LogP contribution < -0.4 is 0 Å². The summed E-state index contributed by atoms with van der Waals surface area (Å²) in [5.74, 6) is 0. The highest BCUT2D eigenvalue weighted by Crippen LogP contribution is 2.42. The first-order chi connectivity index (χ1) is 13.4. The van der Waals surface area contributed by atoms with Crippen molar-refractivity contribution < 1.29 is 4.42 Å². The number of aromatic nitrogens is 1. The molecule has 0 radical (unpaired) electrons. The van der Waals surface area contributed by atoms with Crippen molar-refractivity contribution in [2.24, 2.45) is 0 Å². The first-order valence-electron chi connectivity index (χ1n) is 8.77. The summed E-state index contributed by atoms with van der Waals surface area (Å²) in [6.45, 7) is 7.46. The third-order valence-corrected chi connectivity index (χ3v) is 5.32. The van der Waals surface area contributed by atoms with Crippen molar-refractivity contribution in [2.45, 2.75) is 0 Å². The number of benzene rings is 4. The van der Waals surface area contributed by atoms with Gasteiger partial charge in [0.15, 0.2) is 0 Å².